The van der Waals surface area contributed by atoms with Crippen LogP contribution in [-0.2, 0) is 6.42 Å². The number of rotatable bonds is 5. The molecule has 0 aliphatic heterocycles. The van der Waals surface area contributed by atoms with Gasteiger partial charge in [-0.15, -0.1) is 0 Å². The molecule has 18 heavy (non-hydrogen) atoms. The van der Waals surface area contributed by atoms with Crippen molar-refractivity contribution in [3.05, 3.63) is 29.8 Å². The molecule has 100 valence electrons. The van der Waals surface area contributed by atoms with Crippen LogP contribution in [0.1, 0.15) is 31.2 Å². The molecular formula is C15H24N2O. The first kappa shape index (κ1) is 13.4. The highest BCUT2D eigenvalue weighted by Crippen LogP contribution is 2.17. The summed E-state index contributed by atoms with van der Waals surface area (Å²) < 4.78 is 5.15. The van der Waals surface area contributed by atoms with Crippen molar-refractivity contribution in [1.29, 1.82) is 0 Å². The quantitative estimate of drug-likeness (QED) is 0.839. The second kappa shape index (κ2) is 6.76. The third kappa shape index (κ3) is 3.72. The zero-order valence-electron chi connectivity index (χ0n) is 11.2. The van der Waals surface area contributed by atoms with Crippen molar-refractivity contribution in [2.24, 2.45) is 5.73 Å². The van der Waals surface area contributed by atoms with Crippen molar-refractivity contribution < 1.29 is 4.74 Å². The van der Waals surface area contributed by atoms with Gasteiger partial charge in [0.1, 0.15) is 5.75 Å². The standard InChI is InChI=1S/C15H24N2O/c1-18-13-8-6-12(7-9-13)10-11-17-15-5-3-2-4-14(15)16/h6-9,14-15,17H,2-5,10-11,16H2,1H3/t14-,15-/m0/s1. The Kier molecular flexibility index (Phi) is 5.02. The summed E-state index contributed by atoms with van der Waals surface area (Å²) in [5, 5.41) is 3.59. The molecule has 0 radical (unpaired) electrons. The number of hydrogen-bond donors (Lipinski definition) is 2. The molecule has 0 saturated heterocycles. The van der Waals surface area contributed by atoms with Crippen LogP contribution in [-0.4, -0.2) is 25.7 Å². The van der Waals surface area contributed by atoms with Gasteiger partial charge >= 0.3 is 0 Å². The Morgan fingerprint density at radius 2 is 1.94 bits per heavy atom. The van der Waals surface area contributed by atoms with Crippen molar-refractivity contribution in [3.8, 4) is 5.75 Å². The number of ether oxygens (including phenoxy) is 1. The summed E-state index contributed by atoms with van der Waals surface area (Å²) in [6.45, 7) is 1.00. The van der Waals surface area contributed by atoms with Crippen LogP contribution in [0.15, 0.2) is 24.3 Å². The molecule has 1 fully saturated rings. The van der Waals surface area contributed by atoms with E-state index in [1.54, 1.807) is 7.11 Å². The van der Waals surface area contributed by atoms with Crippen LogP contribution < -0.4 is 15.8 Å². The summed E-state index contributed by atoms with van der Waals surface area (Å²) in [5.41, 5.74) is 7.46. The third-order valence-electron chi connectivity index (χ3n) is 3.80. The SMILES string of the molecule is COc1ccc(CCN[C@H]2CCCC[C@@H]2N)cc1. The Morgan fingerprint density at radius 1 is 1.22 bits per heavy atom. The normalized spacial score (nSPS) is 23.9. The minimum absolute atomic E-state index is 0.342. The molecule has 1 aliphatic carbocycles. The monoisotopic (exact) mass is 248 g/mol. The average molecular weight is 248 g/mol. The van der Waals surface area contributed by atoms with Crippen LogP contribution in [0.3, 0.4) is 0 Å². The minimum Gasteiger partial charge on any atom is -0.497 e. The van der Waals surface area contributed by atoms with Gasteiger partial charge < -0.3 is 15.8 Å². The van der Waals surface area contributed by atoms with Crippen LogP contribution in [0.2, 0.25) is 0 Å². The van der Waals surface area contributed by atoms with Gasteiger partial charge in [0, 0.05) is 12.1 Å². The molecule has 0 unspecified atom stereocenters. The van der Waals surface area contributed by atoms with E-state index in [1.807, 2.05) is 12.1 Å². The van der Waals surface area contributed by atoms with Crippen molar-refractivity contribution in [3.63, 3.8) is 0 Å². The minimum atomic E-state index is 0.342. The van der Waals surface area contributed by atoms with E-state index in [9.17, 15) is 0 Å². The molecule has 2 rings (SSSR count). The molecular weight excluding hydrogens is 224 g/mol. The largest absolute Gasteiger partial charge is 0.497 e. The first-order valence-electron chi connectivity index (χ1n) is 6.91. The molecule has 1 saturated carbocycles. The highest BCUT2D eigenvalue weighted by Gasteiger charge is 2.20. The van der Waals surface area contributed by atoms with E-state index in [0.29, 0.717) is 12.1 Å². The van der Waals surface area contributed by atoms with Gasteiger partial charge in [0.15, 0.2) is 0 Å². The van der Waals surface area contributed by atoms with Crippen molar-refractivity contribution in [2.75, 3.05) is 13.7 Å². The van der Waals surface area contributed by atoms with E-state index in [-0.39, 0.29) is 0 Å². The molecule has 2 atom stereocenters. The topological polar surface area (TPSA) is 47.3 Å². The summed E-state index contributed by atoms with van der Waals surface area (Å²) in [4.78, 5) is 0. The Morgan fingerprint density at radius 3 is 2.61 bits per heavy atom. The van der Waals surface area contributed by atoms with E-state index >= 15 is 0 Å². The maximum atomic E-state index is 6.12. The first-order chi connectivity index (χ1) is 8.79. The molecule has 3 nitrogen and oxygen atoms in total. The second-order valence-corrected chi connectivity index (χ2v) is 5.11. The van der Waals surface area contributed by atoms with Gasteiger partial charge in [0.05, 0.1) is 7.11 Å². The lowest BCUT2D eigenvalue weighted by Gasteiger charge is -2.29. The lowest BCUT2D eigenvalue weighted by Crippen LogP contribution is -2.47. The fourth-order valence-corrected chi connectivity index (χ4v) is 2.61. The van der Waals surface area contributed by atoms with E-state index in [4.69, 9.17) is 10.5 Å². The van der Waals surface area contributed by atoms with Crippen LogP contribution >= 0.6 is 0 Å². The predicted octanol–water partition coefficient (Wildman–Crippen LogP) is 2.10. The molecule has 1 aromatic rings. The van der Waals surface area contributed by atoms with Crippen LogP contribution in [0.4, 0.5) is 0 Å². The van der Waals surface area contributed by atoms with Gasteiger partial charge in [-0.3, -0.25) is 0 Å². The predicted molar refractivity (Wildman–Crippen MR) is 74.9 cm³/mol. The Bertz CT molecular complexity index is 350. The summed E-state index contributed by atoms with van der Waals surface area (Å²) in [7, 11) is 1.70. The summed E-state index contributed by atoms with van der Waals surface area (Å²) in [6, 6.07) is 9.14. The van der Waals surface area contributed by atoms with E-state index in [0.717, 1.165) is 18.7 Å². The Labute approximate surface area is 110 Å². The van der Waals surface area contributed by atoms with Gasteiger partial charge in [-0.1, -0.05) is 25.0 Å². The molecule has 0 spiro atoms. The number of benzene rings is 1. The van der Waals surface area contributed by atoms with Gasteiger partial charge in [-0.05, 0) is 43.5 Å². The van der Waals surface area contributed by atoms with Crippen molar-refractivity contribution in [2.45, 2.75) is 44.2 Å². The molecule has 1 aliphatic rings. The number of methoxy groups -OCH3 is 1. The highest BCUT2D eigenvalue weighted by atomic mass is 16.5. The molecule has 1 aromatic carbocycles. The smallest absolute Gasteiger partial charge is 0.118 e. The van der Waals surface area contributed by atoms with E-state index in [1.165, 1.54) is 31.2 Å². The Hall–Kier alpha value is -1.06. The number of hydrogen-bond acceptors (Lipinski definition) is 3. The second-order valence-electron chi connectivity index (χ2n) is 5.11. The molecule has 0 bridgehead atoms. The zero-order valence-corrected chi connectivity index (χ0v) is 11.2. The van der Waals surface area contributed by atoms with E-state index in [2.05, 4.69) is 17.4 Å². The Balaban J connectivity index is 1.73. The van der Waals surface area contributed by atoms with E-state index < -0.39 is 0 Å². The molecule has 0 heterocycles. The van der Waals surface area contributed by atoms with Gasteiger partial charge in [0.2, 0.25) is 0 Å². The van der Waals surface area contributed by atoms with Crippen LogP contribution in [0.25, 0.3) is 0 Å². The number of nitrogens with two attached hydrogens (primary N) is 1. The van der Waals surface area contributed by atoms with Gasteiger partial charge in [-0.2, -0.15) is 0 Å². The lowest BCUT2D eigenvalue weighted by atomic mass is 9.91. The molecule has 0 aromatic heterocycles. The zero-order chi connectivity index (χ0) is 12.8. The van der Waals surface area contributed by atoms with Gasteiger partial charge in [0.25, 0.3) is 0 Å². The maximum Gasteiger partial charge on any atom is 0.118 e. The summed E-state index contributed by atoms with van der Waals surface area (Å²) in [6.07, 6.45) is 6.04. The number of nitrogens with one attached hydrogen (secondary N) is 1. The summed E-state index contributed by atoms with van der Waals surface area (Å²) >= 11 is 0. The third-order valence-corrected chi connectivity index (χ3v) is 3.80. The van der Waals surface area contributed by atoms with Gasteiger partial charge in [-0.25, -0.2) is 0 Å². The fourth-order valence-electron chi connectivity index (χ4n) is 2.61. The fraction of sp³-hybridized carbons (Fsp3) is 0.600. The first-order valence-corrected chi connectivity index (χ1v) is 6.91. The van der Waals surface area contributed by atoms with Crippen LogP contribution in [0, 0.1) is 0 Å². The van der Waals surface area contributed by atoms with Crippen LogP contribution in [0.5, 0.6) is 5.75 Å². The molecule has 3 N–H and O–H groups in total. The molecule has 0 amide bonds. The average Bonchev–Trinajstić information content (AvgIpc) is 2.42. The maximum absolute atomic E-state index is 6.12. The summed E-state index contributed by atoms with van der Waals surface area (Å²) in [5.74, 6) is 0.918. The van der Waals surface area contributed by atoms with Crippen molar-refractivity contribution in [1.82, 2.24) is 5.32 Å². The van der Waals surface area contributed by atoms with Crippen molar-refractivity contribution >= 4 is 0 Å². The molecule has 3 heteroatoms. The lowest BCUT2D eigenvalue weighted by molar-refractivity contribution is 0.329. The highest BCUT2D eigenvalue weighted by molar-refractivity contribution is 5.27.